The SMILES string of the molecule is O=C(CSc1nc2ccccc2c(=O)n1C1CC1)Nc1c[n+](N2CCOCC2)no1. The van der Waals surface area contributed by atoms with Crippen LogP contribution in [0.25, 0.3) is 10.9 Å². The van der Waals surface area contributed by atoms with Crippen molar-refractivity contribution in [3.05, 3.63) is 40.8 Å². The summed E-state index contributed by atoms with van der Waals surface area (Å²) in [4.78, 5) is 31.5. The molecule has 1 saturated heterocycles. The van der Waals surface area contributed by atoms with E-state index in [9.17, 15) is 9.59 Å². The first-order valence-electron chi connectivity index (χ1n) is 9.84. The van der Waals surface area contributed by atoms with Crippen molar-refractivity contribution in [3.63, 3.8) is 0 Å². The number of aromatic nitrogens is 4. The molecular weight excluding hydrogens is 408 g/mol. The minimum absolute atomic E-state index is 0.0483. The van der Waals surface area contributed by atoms with Gasteiger partial charge in [-0.2, -0.15) is 0 Å². The van der Waals surface area contributed by atoms with Crippen molar-refractivity contribution in [1.29, 1.82) is 0 Å². The van der Waals surface area contributed by atoms with Crippen molar-refractivity contribution in [3.8, 4) is 0 Å². The Morgan fingerprint density at radius 1 is 1.27 bits per heavy atom. The Bertz CT molecular complexity index is 1140. The molecule has 1 aliphatic heterocycles. The molecule has 1 amide bonds. The van der Waals surface area contributed by atoms with Gasteiger partial charge in [0.2, 0.25) is 11.2 Å². The van der Waals surface area contributed by atoms with E-state index in [1.54, 1.807) is 21.6 Å². The fourth-order valence-electron chi connectivity index (χ4n) is 3.37. The van der Waals surface area contributed by atoms with E-state index in [-0.39, 0.29) is 29.1 Å². The molecule has 156 valence electrons. The molecule has 0 unspecified atom stereocenters. The third-order valence-corrected chi connectivity index (χ3v) is 5.97. The van der Waals surface area contributed by atoms with Gasteiger partial charge >= 0.3 is 5.88 Å². The van der Waals surface area contributed by atoms with Crippen LogP contribution < -0.4 is 20.7 Å². The molecule has 2 aromatic heterocycles. The van der Waals surface area contributed by atoms with Gasteiger partial charge in [0.1, 0.15) is 0 Å². The van der Waals surface area contributed by atoms with Gasteiger partial charge in [-0.25, -0.2) is 4.98 Å². The van der Waals surface area contributed by atoms with Gasteiger partial charge in [-0.05, 0) is 25.0 Å². The smallest absolute Gasteiger partial charge is 0.305 e. The third-order valence-electron chi connectivity index (χ3n) is 5.02. The summed E-state index contributed by atoms with van der Waals surface area (Å²) in [6, 6.07) is 7.46. The fourth-order valence-corrected chi connectivity index (χ4v) is 4.24. The van der Waals surface area contributed by atoms with Crippen molar-refractivity contribution in [1.82, 2.24) is 14.8 Å². The van der Waals surface area contributed by atoms with Crippen LogP contribution in [0.15, 0.2) is 44.9 Å². The van der Waals surface area contributed by atoms with Crippen molar-refractivity contribution in [2.24, 2.45) is 0 Å². The van der Waals surface area contributed by atoms with Gasteiger partial charge in [0, 0.05) is 6.04 Å². The lowest BCUT2D eigenvalue weighted by atomic mass is 10.2. The van der Waals surface area contributed by atoms with E-state index in [0.717, 1.165) is 12.8 Å². The second-order valence-corrected chi connectivity index (χ2v) is 8.15. The van der Waals surface area contributed by atoms with E-state index in [2.05, 4.69) is 15.6 Å². The Balaban J connectivity index is 1.28. The van der Waals surface area contributed by atoms with Gasteiger partial charge in [0.25, 0.3) is 11.8 Å². The summed E-state index contributed by atoms with van der Waals surface area (Å²) in [6.45, 7) is 2.65. The number of carbonyl (C=O) groups is 1. The quantitative estimate of drug-likeness (QED) is 0.347. The summed E-state index contributed by atoms with van der Waals surface area (Å²) in [5.41, 5.74) is 0.594. The zero-order valence-electron chi connectivity index (χ0n) is 16.2. The summed E-state index contributed by atoms with van der Waals surface area (Å²) in [6.07, 6.45) is 3.54. The van der Waals surface area contributed by atoms with Crippen molar-refractivity contribution >= 4 is 34.5 Å². The van der Waals surface area contributed by atoms with Crippen LogP contribution in [0, 0.1) is 0 Å². The van der Waals surface area contributed by atoms with Crippen LogP contribution in [0.5, 0.6) is 0 Å². The number of morpholine rings is 1. The van der Waals surface area contributed by atoms with Crippen molar-refractivity contribution in [2.75, 3.05) is 42.4 Å². The number of fused-ring (bicyclic) bond motifs is 1. The van der Waals surface area contributed by atoms with Gasteiger partial charge in [-0.1, -0.05) is 23.9 Å². The molecule has 10 nitrogen and oxygen atoms in total. The van der Waals surface area contributed by atoms with Gasteiger partial charge in [-0.15, -0.1) is 5.01 Å². The highest BCUT2D eigenvalue weighted by atomic mass is 32.2. The molecule has 1 saturated carbocycles. The van der Waals surface area contributed by atoms with Crippen LogP contribution >= 0.6 is 11.8 Å². The minimum Gasteiger partial charge on any atom is -0.377 e. The maximum Gasteiger partial charge on any atom is 0.305 e. The van der Waals surface area contributed by atoms with E-state index in [4.69, 9.17) is 9.26 Å². The Morgan fingerprint density at radius 3 is 2.87 bits per heavy atom. The lowest BCUT2D eigenvalue weighted by Gasteiger charge is -2.18. The molecular formula is C19H21N6O4S+. The number of rotatable bonds is 6. The molecule has 1 aromatic carbocycles. The molecule has 1 aliphatic carbocycles. The number of benzene rings is 1. The number of amides is 1. The molecule has 2 fully saturated rings. The Kier molecular flexibility index (Phi) is 5.13. The van der Waals surface area contributed by atoms with Crippen LogP contribution in [0.3, 0.4) is 0 Å². The molecule has 3 heterocycles. The van der Waals surface area contributed by atoms with E-state index in [1.165, 1.54) is 11.8 Å². The first-order valence-corrected chi connectivity index (χ1v) is 10.8. The first kappa shape index (κ1) is 19.1. The summed E-state index contributed by atoms with van der Waals surface area (Å²) < 4.78 is 12.2. The number of thioether (sulfide) groups is 1. The van der Waals surface area contributed by atoms with Crippen LogP contribution in [-0.2, 0) is 9.53 Å². The lowest BCUT2D eigenvalue weighted by molar-refractivity contribution is -0.759. The predicted octanol–water partition coefficient (Wildman–Crippen LogP) is 0.706. The van der Waals surface area contributed by atoms with Crippen LogP contribution in [0.1, 0.15) is 18.9 Å². The number of hydrogen-bond acceptors (Lipinski definition) is 8. The number of carbonyl (C=O) groups excluding carboxylic acids is 1. The molecule has 2 aliphatic rings. The number of anilines is 1. The highest BCUT2D eigenvalue weighted by Crippen LogP contribution is 2.36. The largest absolute Gasteiger partial charge is 0.377 e. The van der Waals surface area contributed by atoms with E-state index in [1.807, 2.05) is 23.2 Å². The molecule has 0 atom stereocenters. The molecule has 1 N–H and O–H groups in total. The van der Waals surface area contributed by atoms with Crippen LogP contribution in [0.4, 0.5) is 5.88 Å². The van der Waals surface area contributed by atoms with Crippen molar-refractivity contribution in [2.45, 2.75) is 24.0 Å². The van der Waals surface area contributed by atoms with Gasteiger partial charge in [-0.3, -0.25) is 24.0 Å². The van der Waals surface area contributed by atoms with E-state index >= 15 is 0 Å². The van der Waals surface area contributed by atoms with Gasteiger partial charge < -0.3 is 4.74 Å². The number of hydrogen-bond donors (Lipinski definition) is 1. The van der Waals surface area contributed by atoms with Gasteiger partial charge in [0.05, 0.1) is 47.7 Å². The highest BCUT2D eigenvalue weighted by molar-refractivity contribution is 7.99. The average Bonchev–Trinajstić information content (AvgIpc) is 3.50. The maximum absolute atomic E-state index is 12.9. The monoisotopic (exact) mass is 429 g/mol. The average molecular weight is 429 g/mol. The number of ether oxygens (including phenoxy) is 1. The standard InChI is InChI=1S/C19H20N6O4S/c26-16(21-17-11-24(22-29-17)23-7-9-28-10-8-23)12-30-19-20-15-4-2-1-3-14(15)18(27)25(19)13-5-6-13/h1-4,11,13H,5-10,12H2/p+1. The second-order valence-electron chi connectivity index (χ2n) is 7.21. The zero-order valence-corrected chi connectivity index (χ0v) is 17.0. The second kappa shape index (κ2) is 8.07. The summed E-state index contributed by atoms with van der Waals surface area (Å²) in [7, 11) is 0. The maximum atomic E-state index is 12.9. The number of nitrogens with one attached hydrogen (secondary N) is 1. The number of nitrogens with zero attached hydrogens (tertiary/aromatic N) is 5. The van der Waals surface area contributed by atoms with Crippen LogP contribution in [0.2, 0.25) is 0 Å². The van der Waals surface area contributed by atoms with E-state index in [0.29, 0.717) is 42.4 Å². The highest BCUT2D eigenvalue weighted by Gasteiger charge is 2.29. The van der Waals surface area contributed by atoms with Crippen LogP contribution in [-0.4, -0.2) is 52.8 Å². The molecule has 11 heteroatoms. The topological polar surface area (TPSA) is 106 Å². The van der Waals surface area contributed by atoms with E-state index < -0.39 is 0 Å². The third kappa shape index (κ3) is 3.90. The molecule has 0 spiro atoms. The fraction of sp³-hybridized carbons (Fsp3) is 0.421. The first-order chi connectivity index (χ1) is 14.7. The minimum atomic E-state index is -0.255. The number of para-hydroxylation sites is 1. The molecule has 30 heavy (non-hydrogen) atoms. The molecule has 3 aromatic rings. The zero-order chi connectivity index (χ0) is 20.5. The van der Waals surface area contributed by atoms with Gasteiger partial charge in [0.15, 0.2) is 5.16 Å². The molecule has 5 rings (SSSR count). The summed E-state index contributed by atoms with van der Waals surface area (Å²) >= 11 is 1.25. The molecule has 0 bridgehead atoms. The summed E-state index contributed by atoms with van der Waals surface area (Å²) in [5.74, 6) is 0.114. The normalized spacial score (nSPS) is 16.7. The van der Waals surface area contributed by atoms with Crippen molar-refractivity contribution < 1.29 is 18.8 Å². The summed E-state index contributed by atoms with van der Waals surface area (Å²) in [5, 5.41) is 9.77. The Hall–Kier alpha value is -2.92. The predicted molar refractivity (Wildman–Crippen MR) is 109 cm³/mol. The lowest BCUT2D eigenvalue weighted by Crippen LogP contribution is -2.62. The molecule has 0 radical (unpaired) electrons. The Morgan fingerprint density at radius 2 is 2.07 bits per heavy atom. The Labute approximate surface area is 175 Å².